The molecule has 0 spiro atoms. The molecule has 1 aliphatic carbocycles. The third kappa shape index (κ3) is 3.46. The number of halogens is 2. The minimum atomic E-state index is -0.211. The van der Waals surface area contributed by atoms with Crippen molar-refractivity contribution in [3.63, 3.8) is 0 Å². The van der Waals surface area contributed by atoms with E-state index in [2.05, 4.69) is 16.9 Å². The minimum absolute atomic E-state index is 0.180. The second-order valence-electron chi connectivity index (χ2n) is 5.83. The molecule has 2 nitrogen and oxygen atoms in total. The zero-order valence-electron chi connectivity index (χ0n) is 12.0. The Kier molecular flexibility index (Phi) is 4.59. The van der Waals surface area contributed by atoms with E-state index in [0.717, 1.165) is 17.7 Å². The average molecular weight is 307 g/mol. The summed E-state index contributed by atoms with van der Waals surface area (Å²) in [6, 6.07) is 9.27. The molecule has 0 saturated heterocycles. The molecule has 2 aromatic rings. The molecule has 1 fully saturated rings. The second-order valence-corrected chi connectivity index (χ2v) is 6.14. The average Bonchev–Trinajstić information content (AvgIpc) is 3.17. The Hall–Kier alpha value is -1.35. The van der Waals surface area contributed by atoms with Gasteiger partial charge in [0, 0.05) is 18.0 Å². The van der Waals surface area contributed by atoms with Crippen LogP contribution in [0.1, 0.15) is 48.9 Å². The van der Waals surface area contributed by atoms with Gasteiger partial charge in [0.2, 0.25) is 0 Å². The van der Waals surface area contributed by atoms with Crippen LogP contribution in [0.25, 0.3) is 0 Å². The Balaban J connectivity index is 1.70. The fraction of sp³-hybridized carbons (Fsp3) is 0.471. The molecule has 1 atom stereocenters. The first kappa shape index (κ1) is 14.6. The van der Waals surface area contributed by atoms with Crippen molar-refractivity contribution in [1.29, 1.82) is 0 Å². The molecule has 1 saturated carbocycles. The molecule has 0 amide bonds. The molecule has 4 heteroatoms. The van der Waals surface area contributed by atoms with Gasteiger partial charge in [-0.3, -0.25) is 4.68 Å². The van der Waals surface area contributed by atoms with Crippen molar-refractivity contribution in [3.05, 3.63) is 53.6 Å². The highest BCUT2D eigenvalue weighted by Crippen LogP contribution is 2.29. The molecule has 21 heavy (non-hydrogen) atoms. The summed E-state index contributed by atoms with van der Waals surface area (Å²) in [5, 5.41) is 4.71. The first-order valence-corrected chi connectivity index (χ1v) is 8.15. The van der Waals surface area contributed by atoms with Crippen LogP contribution < -0.4 is 0 Å². The van der Waals surface area contributed by atoms with E-state index in [1.807, 2.05) is 12.1 Å². The molecule has 0 N–H and O–H groups in total. The molecule has 1 aliphatic rings. The van der Waals surface area contributed by atoms with Gasteiger partial charge in [-0.05, 0) is 43.0 Å². The number of aromatic nitrogens is 2. The van der Waals surface area contributed by atoms with Gasteiger partial charge in [-0.25, -0.2) is 4.39 Å². The molecule has 3 rings (SSSR count). The topological polar surface area (TPSA) is 17.8 Å². The summed E-state index contributed by atoms with van der Waals surface area (Å²) in [5.74, 6) is 0.485. The summed E-state index contributed by atoms with van der Waals surface area (Å²) < 4.78 is 15.1. The maximum absolute atomic E-state index is 13.0. The smallest absolute Gasteiger partial charge is 0.123 e. The van der Waals surface area contributed by atoms with Crippen molar-refractivity contribution in [3.8, 4) is 0 Å². The van der Waals surface area contributed by atoms with E-state index >= 15 is 0 Å². The molecular weight excluding hydrogens is 287 g/mol. The van der Waals surface area contributed by atoms with E-state index in [0.29, 0.717) is 11.9 Å². The Morgan fingerprint density at radius 1 is 1.19 bits per heavy atom. The van der Waals surface area contributed by atoms with Crippen molar-refractivity contribution in [2.24, 2.45) is 0 Å². The van der Waals surface area contributed by atoms with Gasteiger partial charge in [0.05, 0.1) is 11.7 Å². The van der Waals surface area contributed by atoms with Crippen LogP contribution in [0, 0.1) is 5.82 Å². The molecule has 1 aromatic heterocycles. The van der Waals surface area contributed by atoms with Gasteiger partial charge in [0.25, 0.3) is 0 Å². The summed E-state index contributed by atoms with van der Waals surface area (Å²) >= 11 is 6.10. The number of benzene rings is 1. The van der Waals surface area contributed by atoms with Crippen molar-refractivity contribution >= 4 is 11.6 Å². The van der Waals surface area contributed by atoms with Crippen molar-refractivity contribution < 1.29 is 4.39 Å². The highest BCUT2D eigenvalue weighted by Gasteiger charge is 2.19. The summed E-state index contributed by atoms with van der Waals surface area (Å²) in [4.78, 5) is 0. The Morgan fingerprint density at radius 2 is 1.90 bits per heavy atom. The Bertz CT molecular complexity index is 573. The molecule has 112 valence electrons. The lowest BCUT2D eigenvalue weighted by molar-refractivity contribution is 0.461. The highest BCUT2D eigenvalue weighted by molar-refractivity contribution is 6.18. The van der Waals surface area contributed by atoms with Gasteiger partial charge in [-0.2, -0.15) is 5.10 Å². The minimum Gasteiger partial charge on any atom is -0.269 e. The van der Waals surface area contributed by atoms with Crippen LogP contribution in [0.15, 0.2) is 36.5 Å². The van der Waals surface area contributed by atoms with E-state index in [1.165, 1.54) is 37.8 Å². The lowest BCUT2D eigenvalue weighted by Gasteiger charge is -2.13. The van der Waals surface area contributed by atoms with Gasteiger partial charge < -0.3 is 0 Å². The fourth-order valence-corrected chi connectivity index (χ4v) is 3.39. The van der Waals surface area contributed by atoms with Crippen LogP contribution in [0.4, 0.5) is 4.39 Å². The predicted molar refractivity (Wildman–Crippen MR) is 83.3 cm³/mol. The van der Waals surface area contributed by atoms with Crippen LogP contribution in [-0.4, -0.2) is 15.7 Å². The third-order valence-electron chi connectivity index (χ3n) is 4.35. The van der Waals surface area contributed by atoms with Gasteiger partial charge in [0.15, 0.2) is 0 Å². The zero-order valence-corrected chi connectivity index (χ0v) is 12.8. The standard InChI is InChI=1S/C17H20ClFN2/c18-12-14(13-5-7-15(19)8-6-13)11-16-9-10-21(20-16)17-3-1-2-4-17/h5-10,14,17H,1-4,11-12H2. The van der Waals surface area contributed by atoms with E-state index in [1.54, 1.807) is 0 Å². The second kappa shape index (κ2) is 6.61. The first-order chi connectivity index (χ1) is 10.3. The van der Waals surface area contributed by atoms with Gasteiger partial charge >= 0.3 is 0 Å². The monoisotopic (exact) mass is 306 g/mol. The zero-order chi connectivity index (χ0) is 14.7. The molecule has 0 aliphatic heterocycles. The lowest BCUT2D eigenvalue weighted by Crippen LogP contribution is -2.08. The lowest BCUT2D eigenvalue weighted by atomic mass is 9.96. The largest absolute Gasteiger partial charge is 0.269 e. The summed E-state index contributed by atoms with van der Waals surface area (Å²) in [6.07, 6.45) is 7.96. The molecule has 1 aromatic carbocycles. The van der Waals surface area contributed by atoms with Crippen LogP contribution in [0.5, 0.6) is 0 Å². The number of rotatable bonds is 5. The Morgan fingerprint density at radius 3 is 2.57 bits per heavy atom. The van der Waals surface area contributed by atoms with Crippen LogP contribution in [0.3, 0.4) is 0 Å². The maximum Gasteiger partial charge on any atom is 0.123 e. The molecule has 0 bridgehead atoms. The quantitative estimate of drug-likeness (QED) is 0.732. The van der Waals surface area contributed by atoms with E-state index in [-0.39, 0.29) is 11.7 Å². The summed E-state index contributed by atoms with van der Waals surface area (Å²) in [6.45, 7) is 0. The summed E-state index contributed by atoms with van der Waals surface area (Å²) in [7, 11) is 0. The molecule has 1 unspecified atom stereocenters. The number of alkyl halides is 1. The van der Waals surface area contributed by atoms with Crippen LogP contribution >= 0.6 is 11.6 Å². The predicted octanol–water partition coefficient (Wildman–Crippen LogP) is 4.70. The SMILES string of the molecule is Fc1ccc(C(CCl)Cc2ccn(C3CCCC3)n2)cc1. The molecular formula is C17H20ClFN2. The van der Waals surface area contributed by atoms with Crippen molar-refractivity contribution in [1.82, 2.24) is 9.78 Å². The molecule has 0 radical (unpaired) electrons. The number of hydrogen-bond donors (Lipinski definition) is 0. The molecule has 1 heterocycles. The Labute approximate surface area is 129 Å². The van der Waals surface area contributed by atoms with Gasteiger partial charge in [0.1, 0.15) is 5.82 Å². The van der Waals surface area contributed by atoms with Crippen LogP contribution in [0.2, 0.25) is 0 Å². The number of nitrogens with zero attached hydrogens (tertiary/aromatic N) is 2. The van der Waals surface area contributed by atoms with Crippen molar-refractivity contribution in [2.45, 2.75) is 44.1 Å². The fourth-order valence-electron chi connectivity index (χ4n) is 3.11. The van der Waals surface area contributed by atoms with Gasteiger partial charge in [-0.15, -0.1) is 11.6 Å². The van der Waals surface area contributed by atoms with Gasteiger partial charge in [-0.1, -0.05) is 25.0 Å². The first-order valence-electron chi connectivity index (χ1n) is 7.61. The van der Waals surface area contributed by atoms with Crippen molar-refractivity contribution in [2.75, 3.05) is 5.88 Å². The number of hydrogen-bond acceptors (Lipinski definition) is 1. The summed E-state index contributed by atoms with van der Waals surface area (Å²) in [5.41, 5.74) is 2.14. The van der Waals surface area contributed by atoms with Crippen LogP contribution in [-0.2, 0) is 6.42 Å². The third-order valence-corrected chi connectivity index (χ3v) is 4.72. The van der Waals surface area contributed by atoms with E-state index < -0.39 is 0 Å². The highest BCUT2D eigenvalue weighted by atomic mass is 35.5. The van der Waals surface area contributed by atoms with E-state index in [4.69, 9.17) is 16.7 Å². The normalized spacial score (nSPS) is 17.2. The van der Waals surface area contributed by atoms with E-state index in [9.17, 15) is 4.39 Å². The maximum atomic E-state index is 13.0.